The molecule has 0 radical (unpaired) electrons. The van der Waals surface area contributed by atoms with Gasteiger partial charge in [0, 0.05) is 30.2 Å². The van der Waals surface area contributed by atoms with E-state index in [0.29, 0.717) is 5.82 Å². The largest absolute Gasteiger partial charge is 0.372 e. The molecule has 1 N–H and O–H groups in total. The van der Waals surface area contributed by atoms with Crippen molar-refractivity contribution in [1.82, 2.24) is 24.8 Å². The summed E-state index contributed by atoms with van der Waals surface area (Å²) in [5.74, 6) is 1.66. The van der Waals surface area contributed by atoms with Crippen LogP contribution < -0.4 is 4.90 Å². The molecule has 1 aliphatic heterocycles. The highest BCUT2D eigenvalue weighted by Gasteiger charge is 2.25. The zero-order chi connectivity index (χ0) is 17.7. The predicted octanol–water partition coefficient (Wildman–Crippen LogP) is 2.89. The molecule has 0 bridgehead atoms. The lowest BCUT2D eigenvalue weighted by molar-refractivity contribution is -0.00539. The van der Waals surface area contributed by atoms with Crippen molar-refractivity contribution in [1.29, 1.82) is 0 Å². The zero-order valence-corrected chi connectivity index (χ0v) is 14.8. The Bertz CT molecular complexity index is 1070. The predicted molar refractivity (Wildman–Crippen MR) is 100 cm³/mol. The molecule has 1 saturated heterocycles. The highest BCUT2D eigenvalue weighted by molar-refractivity contribution is 5.83. The van der Waals surface area contributed by atoms with E-state index in [0.717, 1.165) is 40.9 Å². The summed E-state index contributed by atoms with van der Waals surface area (Å²) < 4.78 is 7.79. The van der Waals surface area contributed by atoms with Gasteiger partial charge in [-0.15, -0.1) is 5.10 Å². The number of morpholine rings is 1. The second-order valence-corrected chi connectivity index (χ2v) is 6.93. The van der Waals surface area contributed by atoms with Crippen LogP contribution in [0.5, 0.6) is 0 Å². The van der Waals surface area contributed by atoms with Gasteiger partial charge in [0.15, 0.2) is 11.6 Å². The molecule has 7 heteroatoms. The Kier molecular flexibility index (Phi) is 3.43. The maximum atomic E-state index is 5.88. The van der Waals surface area contributed by atoms with Crippen LogP contribution in [0.2, 0.25) is 0 Å². The Labute approximate surface area is 150 Å². The lowest BCUT2D eigenvalue weighted by Crippen LogP contribution is -2.46. The van der Waals surface area contributed by atoms with Crippen LogP contribution in [0.25, 0.3) is 27.8 Å². The van der Waals surface area contributed by atoms with Crippen LogP contribution in [0, 0.1) is 0 Å². The van der Waals surface area contributed by atoms with Crippen LogP contribution in [-0.2, 0) is 4.74 Å². The van der Waals surface area contributed by atoms with E-state index in [9.17, 15) is 0 Å². The van der Waals surface area contributed by atoms with Gasteiger partial charge in [-0.3, -0.25) is 5.10 Å². The first-order chi connectivity index (χ1) is 12.7. The normalized spacial score (nSPS) is 20.9. The lowest BCUT2D eigenvalue weighted by atomic mass is 10.1. The average molecular weight is 348 g/mol. The summed E-state index contributed by atoms with van der Waals surface area (Å²) in [7, 11) is 0. The number of hydrogen-bond acceptors (Lipinski definition) is 5. The molecule has 0 unspecified atom stereocenters. The topological polar surface area (TPSA) is 71.3 Å². The van der Waals surface area contributed by atoms with Crippen molar-refractivity contribution in [2.24, 2.45) is 0 Å². The van der Waals surface area contributed by atoms with Gasteiger partial charge >= 0.3 is 0 Å². The second-order valence-electron chi connectivity index (χ2n) is 6.93. The van der Waals surface area contributed by atoms with Gasteiger partial charge in [0.05, 0.1) is 23.9 Å². The fourth-order valence-electron chi connectivity index (χ4n) is 3.71. The molecule has 0 amide bonds. The van der Waals surface area contributed by atoms with E-state index in [1.165, 1.54) is 0 Å². The van der Waals surface area contributed by atoms with E-state index in [1.807, 2.05) is 35.1 Å². The Morgan fingerprint density at radius 1 is 1.15 bits per heavy atom. The van der Waals surface area contributed by atoms with Gasteiger partial charge in [-0.1, -0.05) is 0 Å². The third kappa shape index (κ3) is 2.52. The molecule has 1 aliphatic rings. The van der Waals surface area contributed by atoms with Gasteiger partial charge in [0.25, 0.3) is 0 Å². The van der Waals surface area contributed by atoms with E-state index < -0.39 is 0 Å². The van der Waals surface area contributed by atoms with Crippen molar-refractivity contribution in [2.45, 2.75) is 26.1 Å². The summed E-state index contributed by atoms with van der Waals surface area (Å²) in [5.41, 5.74) is 3.00. The van der Waals surface area contributed by atoms with Crippen molar-refractivity contribution >= 4 is 22.2 Å². The number of aromatic amines is 1. The Morgan fingerprint density at radius 2 is 2.00 bits per heavy atom. The summed E-state index contributed by atoms with van der Waals surface area (Å²) in [5, 5.41) is 12.8. The maximum absolute atomic E-state index is 5.88. The second kappa shape index (κ2) is 5.81. The summed E-state index contributed by atoms with van der Waals surface area (Å²) >= 11 is 0. The maximum Gasteiger partial charge on any atom is 0.182 e. The Balaban J connectivity index is 1.65. The Morgan fingerprint density at radius 3 is 2.85 bits per heavy atom. The van der Waals surface area contributed by atoms with Gasteiger partial charge in [-0.25, -0.2) is 9.50 Å². The van der Waals surface area contributed by atoms with Gasteiger partial charge in [0.1, 0.15) is 5.52 Å². The number of fused-ring (bicyclic) bond motifs is 2. The van der Waals surface area contributed by atoms with Crippen molar-refractivity contribution in [3.8, 4) is 11.4 Å². The van der Waals surface area contributed by atoms with Gasteiger partial charge in [-0.2, -0.15) is 5.10 Å². The van der Waals surface area contributed by atoms with Crippen molar-refractivity contribution in [3.05, 3.63) is 42.7 Å². The molecular weight excluding hydrogens is 328 g/mol. The highest BCUT2D eigenvalue weighted by Crippen LogP contribution is 2.27. The molecule has 3 aromatic heterocycles. The number of nitrogens with one attached hydrogen (secondary N) is 1. The minimum Gasteiger partial charge on any atom is -0.372 e. The molecule has 132 valence electrons. The highest BCUT2D eigenvalue weighted by atomic mass is 16.5. The summed E-state index contributed by atoms with van der Waals surface area (Å²) in [6.07, 6.45) is 4.14. The van der Waals surface area contributed by atoms with Crippen LogP contribution in [0.3, 0.4) is 0 Å². The average Bonchev–Trinajstić information content (AvgIpc) is 3.28. The van der Waals surface area contributed by atoms with Gasteiger partial charge < -0.3 is 9.64 Å². The third-order valence-electron chi connectivity index (χ3n) is 4.79. The monoisotopic (exact) mass is 348 g/mol. The fourth-order valence-corrected chi connectivity index (χ4v) is 3.71. The van der Waals surface area contributed by atoms with Crippen LogP contribution in [0.15, 0.2) is 42.7 Å². The molecule has 26 heavy (non-hydrogen) atoms. The van der Waals surface area contributed by atoms with E-state index >= 15 is 0 Å². The zero-order valence-electron chi connectivity index (χ0n) is 14.8. The van der Waals surface area contributed by atoms with Crippen molar-refractivity contribution in [3.63, 3.8) is 0 Å². The SMILES string of the molecule is C[C@@H]1CN(c2nc(-c3ccc4[nH]ncc4c3)nn3cccc23)C[C@H](C)O1. The number of hydrogen-bond donors (Lipinski definition) is 1. The van der Waals surface area contributed by atoms with Crippen LogP contribution in [0.1, 0.15) is 13.8 Å². The van der Waals surface area contributed by atoms with Gasteiger partial charge in [-0.05, 0) is 44.2 Å². The van der Waals surface area contributed by atoms with E-state index in [2.05, 4.69) is 41.1 Å². The molecule has 0 saturated carbocycles. The van der Waals surface area contributed by atoms with Crippen molar-refractivity contribution < 1.29 is 4.74 Å². The molecule has 7 nitrogen and oxygen atoms in total. The smallest absolute Gasteiger partial charge is 0.182 e. The molecule has 1 fully saturated rings. The first kappa shape index (κ1) is 15.3. The number of H-pyrrole nitrogens is 1. The molecule has 4 aromatic rings. The van der Waals surface area contributed by atoms with Gasteiger partial charge in [0.2, 0.25) is 0 Å². The number of benzene rings is 1. The minimum atomic E-state index is 0.175. The van der Waals surface area contributed by atoms with E-state index in [1.54, 1.807) is 0 Å². The van der Waals surface area contributed by atoms with Crippen LogP contribution >= 0.6 is 0 Å². The van der Waals surface area contributed by atoms with E-state index in [4.69, 9.17) is 14.8 Å². The number of anilines is 1. The first-order valence-corrected chi connectivity index (χ1v) is 8.87. The first-order valence-electron chi connectivity index (χ1n) is 8.87. The molecule has 0 aliphatic carbocycles. The summed E-state index contributed by atoms with van der Waals surface area (Å²) in [6.45, 7) is 5.85. The molecular formula is C19H20N6O. The van der Waals surface area contributed by atoms with Crippen LogP contribution in [0.4, 0.5) is 5.82 Å². The molecule has 5 rings (SSSR count). The standard InChI is InChI=1S/C19H20N6O/c1-12-10-24(11-13(2)26-12)19-17-4-3-7-25(17)23-18(21-19)14-5-6-16-15(8-14)9-20-22-16/h3-9,12-13H,10-11H2,1-2H3,(H,20,22)/t12-,13+. The Hall–Kier alpha value is -2.93. The molecule has 0 spiro atoms. The quantitative estimate of drug-likeness (QED) is 0.603. The van der Waals surface area contributed by atoms with Crippen LogP contribution in [-0.4, -0.2) is 50.1 Å². The fraction of sp³-hybridized carbons (Fsp3) is 0.316. The molecule has 2 atom stereocenters. The number of nitrogens with zero attached hydrogens (tertiary/aromatic N) is 5. The number of ether oxygens (including phenoxy) is 1. The summed E-state index contributed by atoms with van der Waals surface area (Å²) in [4.78, 5) is 7.24. The third-order valence-corrected chi connectivity index (χ3v) is 4.79. The van der Waals surface area contributed by atoms with Crippen molar-refractivity contribution in [2.75, 3.05) is 18.0 Å². The molecule has 1 aromatic carbocycles. The van der Waals surface area contributed by atoms with E-state index in [-0.39, 0.29) is 12.2 Å². The lowest BCUT2D eigenvalue weighted by Gasteiger charge is -2.36. The number of aromatic nitrogens is 5. The number of rotatable bonds is 2. The minimum absolute atomic E-state index is 0.175. The summed E-state index contributed by atoms with van der Waals surface area (Å²) in [6, 6.07) is 10.2. The molecule has 4 heterocycles.